The fourth-order valence-electron chi connectivity index (χ4n) is 2.55. The van der Waals surface area contributed by atoms with Crippen LogP contribution in [0.1, 0.15) is 30.1 Å². The van der Waals surface area contributed by atoms with Crippen molar-refractivity contribution in [1.29, 1.82) is 0 Å². The van der Waals surface area contributed by atoms with E-state index in [1.54, 1.807) is 12.1 Å². The molecule has 1 unspecified atom stereocenters. The number of aromatic nitrogens is 1. The summed E-state index contributed by atoms with van der Waals surface area (Å²) in [7, 11) is 0. The fraction of sp³-hybridized carbons (Fsp3) is 0.267. The highest BCUT2D eigenvalue weighted by Crippen LogP contribution is 2.36. The Morgan fingerprint density at radius 3 is 2.38 bits per heavy atom. The van der Waals surface area contributed by atoms with Crippen LogP contribution in [0.25, 0.3) is 0 Å². The maximum atomic E-state index is 13.6. The minimum Gasteiger partial charge on any atom is -0.479 e. The van der Waals surface area contributed by atoms with Crippen molar-refractivity contribution in [3.05, 3.63) is 58.9 Å². The van der Waals surface area contributed by atoms with Crippen molar-refractivity contribution >= 4 is 0 Å². The van der Waals surface area contributed by atoms with E-state index >= 15 is 0 Å². The lowest BCUT2D eigenvalue weighted by Crippen LogP contribution is -2.17. The van der Waals surface area contributed by atoms with Crippen molar-refractivity contribution < 1.29 is 22.3 Å². The van der Waals surface area contributed by atoms with Crippen LogP contribution in [-0.2, 0) is 6.42 Å². The van der Waals surface area contributed by atoms with Gasteiger partial charge in [0, 0.05) is 0 Å². The van der Waals surface area contributed by atoms with Gasteiger partial charge in [0.25, 0.3) is 11.9 Å². The van der Waals surface area contributed by atoms with Crippen molar-refractivity contribution in [2.45, 2.75) is 25.4 Å². The Morgan fingerprint density at radius 2 is 1.67 bits per heavy atom. The van der Waals surface area contributed by atoms with Crippen molar-refractivity contribution in [1.82, 2.24) is 4.98 Å². The number of nitrogens with zero attached hydrogens (tertiary/aromatic N) is 1. The van der Waals surface area contributed by atoms with Gasteiger partial charge in [0.2, 0.25) is 17.4 Å². The Labute approximate surface area is 118 Å². The SMILES string of the molecule is Fc1nc(F)c(F)c(OC2CCCc3ccccc32)c1F. The monoisotopic (exact) mass is 297 g/mol. The Kier molecular flexibility index (Phi) is 3.53. The normalized spacial score (nSPS) is 17.4. The molecular formula is C15H11F4NO. The van der Waals surface area contributed by atoms with Gasteiger partial charge in [-0.3, -0.25) is 0 Å². The van der Waals surface area contributed by atoms with E-state index in [9.17, 15) is 17.6 Å². The van der Waals surface area contributed by atoms with Crippen LogP contribution in [0.4, 0.5) is 17.6 Å². The molecule has 1 atom stereocenters. The molecular weight excluding hydrogens is 286 g/mol. The van der Waals surface area contributed by atoms with E-state index in [0.717, 1.165) is 24.0 Å². The summed E-state index contributed by atoms with van der Waals surface area (Å²) < 4.78 is 58.6. The molecule has 0 bridgehead atoms. The van der Waals surface area contributed by atoms with E-state index < -0.39 is 35.4 Å². The van der Waals surface area contributed by atoms with Gasteiger partial charge in [-0.15, -0.1) is 0 Å². The smallest absolute Gasteiger partial charge is 0.255 e. The molecule has 0 saturated carbocycles. The maximum absolute atomic E-state index is 13.6. The molecule has 1 heterocycles. The first kappa shape index (κ1) is 13.9. The maximum Gasteiger partial charge on any atom is 0.255 e. The Balaban J connectivity index is 1.99. The Bertz CT molecular complexity index is 663. The number of hydrogen-bond donors (Lipinski definition) is 0. The predicted octanol–water partition coefficient (Wildman–Crippen LogP) is 4.09. The minimum atomic E-state index is -1.71. The third kappa shape index (κ3) is 2.46. The van der Waals surface area contributed by atoms with Crippen molar-refractivity contribution in [3.63, 3.8) is 0 Å². The number of fused-ring (bicyclic) bond motifs is 1. The third-order valence-corrected chi connectivity index (χ3v) is 3.53. The lowest BCUT2D eigenvalue weighted by Gasteiger charge is -2.26. The van der Waals surface area contributed by atoms with Crippen LogP contribution < -0.4 is 4.74 Å². The van der Waals surface area contributed by atoms with Crippen molar-refractivity contribution in [3.8, 4) is 5.75 Å². The zero-order valence-corrected chi connectivity index (χ0v) is 10.9. The summed E-state index contributed by atoms with van der Waals surface area (Å²) in [6, 6.07) is 7.31. The summed E-state index contributed by atoms with van der Waals surface area (Å²) in [6.45, 7) is 0. The van der Waals surface area contributed by atoms with Crippen LogP contribution >= 0.6 is 0 Å². The molecule has 21 heavy (non-hydrogen) atoms. The predicted molar refractivity (Wildman–Crippen MR) is 66.8 cm³/mol. The third-order valence-electron chi connectivity index (χ3n) is 3.53. The van der Waals surface area contributed by atoms with E-state index in [1.165, 1.54) is 0 Å². The minimum absolute atomic E-state index is 0.515. The standard InChI is InChI=1S/C15H11F4NO/c16-11-13(12(17)15(19)20-14(11)18)21-10-7-3-5-8-4-1-2-6-9(8)10/h1-2,4,6,10H,3,5,7H2. The van der Waals surface area contributed by atoms with Gasteiger partial charge < -0.3 is 4.74 Å². The molecule has 6 heteroatoms. The van der Waals surface area contributed by atoms with Crippen LogP contribution in [0.15, 0.2) is 24.3 Å². The molecule has 2 aromatic rings. The quantitative estimate of drug-likeness (QED) is 0.615. The first-order valence-electron chi connectivity index (χ1n) is 6.52. The summed E-state index contributed by atoms with van der Waals surface area (Å²) >= 11 is 0. The molecule has 0 radical (unpaired) electrons. The topological polar surface area (TPSA) is 22.1 Å². The van der Waals surface area contributed by atoms with Crippen molar-refractivity contribution in [2.75, 3.05) is 0 Å². The van der Waals surface area contributed by atoms with Gasteiger partial charge in [-0.2, -0.15) is 22.5 Å². The summed E-state index contributed by atoms with van der Waals surface area (Å²) in [5, 5.41) is 0. The van der Waals surface area contributed by atoms with E-state index in [0.29, 0.717) is 6.42 Å². The highest BCUT2D eigenvalue weighted by molar-refractivity contribution is 5.33. The van der Waals surface area contributed by atoms with Gasteiger partial charge in [0.1, 0.15) is 6.10 Å². The molecule has 1 aromatic carbocycles. The van der Waals surface area contributed by atoms with Gasteiger partial charge >= 0.3 is 0 Å². The molecule has 0 fully saturated rings. The summed E-state index contributed by atoms with van der Waals surface area (Å²) in [5.41, 5.74) is 1.78. The van der Waals surface area contributed by atoms with Crippen LogP contribution in [0.5, 0.6) is 5.75 Å². The second kappa shape index (κ2) is 5.35. The molecule has 0 aliphatic heterocycles. The van der Waals surface area contributed by atoms with Crippen molar-refractivity contribution in [2.24, 2.45) is 0 Å². The molecule has 1 aliphatic rings. The van der Waals surface area contributed by atoms with Gasteiger partial charge in [0.05, 0.1) is 0 Å². The molecule has 0 spiro atoms. The largest absolute Gasteiger partial charge is 0.479 e. The van der Waals surface area contributed by atoms with E-state index in [-0.39, 0.29) is 0 Å². The number of benzene rings is 1. The zero-order valence-electron chi connectivity index (χ0n) is 10.9. The molecule has 2 nitrogen and oxygen atoms in total. The second-order valence-corrected chi connectivity index (χ2v) is 4.85. The number of rotatable bonds is 2. The van der Waals surface area contributed by atoms with Crippen LogP contribution in [0.3, 0.4) is 0 Å². The first-order valence-corrected chi connectivity index (χ1v) is 6.52. The highest BCUT2D eigenvalue weighted by Gasteiger charge is 2.28. The number of hydrogen-bond acceptors (Lipinski definition) is 2. The number of pyridine rings is 1. The molecule has 0 saturated heterocycles. The number of aryl methyl sites for hydroxylation is 1. The average Bonchev–Trinajstić information content (AvgIpc) is 2.50. The van der Waals surface area contributed by atoms with Crippen LogP contribution in [0, 0.1) is 23.5 Å². The molecule has 0 N–H and O–H groups in total. The first-order chi connectivity index (χ1) is 10.1. The second-order valence-electron chi connectivity index (χ2n) is 4.85. The van der Waals surface area contributed by atoms with Crippen LogP contribution in [0.2, 0.25) is 0 Å². The average molecular weight is 297 g/mol. The van der Waals surface area contributed by atoms with E-state index in [4.69, 9.17) is 4.74 Å². The summed E-state index contributed by atoms with van der Waals surface area (Å²) in [5.74, 6) is -7.71. The number of ether oxygens (including phenoxy) is 1. The lowest BCUT2D eigenvalue weighted by atomic mass is 9.89. The Morgan fingerprint density at radius 1 is 1.00 bits per heavy atom. The van der Waals surface area contributed by atoms with E-state index in [1.807, 2.05) is 12.1 Å². The molecule has 1 aromatic heterocycles. The Hall–Kier alpha value is -2.11. The molecule has 110 valence electrons. The fourth-order valence-corrected chi connectivity index (χ4v) is 2.55. The zero-order chi connectivity index (χ0) is 15.0. The lowest BCUT2D eigenvalue weighted by molar-refractivity contribution is 0.160. The van der Waals surface area contributed by atoms with Gasteiger partial charge in [-0.1, -0.05) is 24.3 Å². The molecule has 1 aliphatic carbocycles. The van der Waals surface area contributed by atoms with Crippen LogP contribution in [-0.4, -0.2) is 4.98 Å². The summed E-state index contributed by atoms with van der Waals surface area (Å²) in [4.78, 5) is 2.51. The molecule has 3 rings (SSSR count). The van der Waals surface area contributed by atoms with E-state index in [2.05, 4.69) is 4.98 Å². The summed E-state index contributed by atoms with van der Waals surface area (Å²) in [6.07, 6.45) is 1.47. The molecule has 0 amide bonds. The van der Waals surface area contributed by atoms with Gasteiger partial charge in [-0.05, 0) is 30.4 Å². The number of halogens is 4. The van der Waals surface area contributed by atoms with Gasteiger partial charge in [-0.25, -0.2) is 0 Å². The van der Waals surface area contributed by atoms with Gasteiger partial charge in [0.15, 0.2) is 0 Å². The highest BCUT2D eigenvalue weighted by atomic mass is 19.2.